The number of likely N-dealkylation sites (tertiary alicyclic amines) is 1. The number of fused-ring (bicyclic) bond motifs is 1. The molecule has 0 saturated carbocycles. The van der Waals surface area contributed by atoms with Crippen LogP contribution in [0.4, 0.5) is 0 Å². The van der Waals surface area contributed by atoms with Gasteiger partial charge >= 0.3 is 0 Å². The molecule has 2 aliphatic rings. The minimum atomic E-state index is -0.759. The lowest BCUT2D eigenvalue weighted by Gasteiger charge is -2.06. The molecule has 0 N–H and O–H groups in total. The van der Waals surface area contributed by atoms with E-state index in [9.17, 15) is 9.59 Å². The maximum absolute atomic E-state index is 11.5. The Morgan fingerprint density at radius 1 is 1.54 bits per heavy atom. The maximum atomic E-state index is 11.5. The van der Waals surface area contributed by atoms with Gasteiger partial charge in [-0.2, -0.15) is 0 Å². The summed E-state index contributed by atoms with van der Waals surface area (Å²) in [5.74, 6) is -1.22. The largest absolute Gasteiger partial charge is 0.381 e. The van der Waals surface area contributed by atoms with Gasteiger partial charge in [0.25, 0.3) is 5.91 Å². The number of oxime groups is 1. The molecule has 2 unspecified atom stereocenters. The molecule has 2 aliphatic heterocycles. The van der Waals surface area contributed by atoms with E-state index in [2.05, 4.69) is 11.7 Å². The number of hydrogen-bond donors (Lipinski definition) is 0. The summed E-state index contributed by atoms with van der Waals surface area (Å²) in [6, 6.07) is 0. The summed E-state index contributed by atoms with van der Waals surface area (Å²) in [6.45, 7) is 5.05. The number of nitrogens with zero attached hydrogens (tertiary/aromatic N) is 2. The van der Waals surface area contributed by atoms with Crippen molar-refractivity contribution in [2.45, 2.75) is 13.0 Å². The predicted octanol–water partition coefficient (Wildman–Crippen LogP) is -0.110. The van der Waals surface area contributed by atoms with Gasteiger partial charge in [-0.05, 0) is 6.92 Å². The lowest BCUT2D eigenvalue weighted by atomic mass is 10.0. The Hall–Kier alpha value is -1.65. The van der Waals surface area contributed by atoms with E-state index in [-0.39, 0.29) is 11.8 Å². The Balaban J connectivity index is 2.38. The Kier molecular flexibility index (Phi) is 1.48. The minimum Gasteiger partial charge on any atom is -0.381 e. The van der Waals surface area contributed by atoms with Crippen molar-refractivity contribution in [3.05, 3.63) is 12.8 Å². The molecule has 2 atom stereocenters. The smallest absolute Gasteiger partial charge is 0.278 e. The quantitative estimate of drug-likeness (QED) is 0.529. The van der Waals surface area contributed by atoms with Crippen molar-refractivity contribution in [3.8, 4) is 0 Å². The van der Waals surface area contributed by atoms with Crippen LogP contribution in [-0.2, 0) is 14.4 Å². The Morgan fingerprint density at radius 3 is 2.77 bits per heavy atom. The van der Waals surface area contributed by atoms with Gasteiger partial charge in [-0.25, -0.2) is 0 Å². The van der Waals surface area contributed by atoms with Crippen molar-refractivity contribution in [2.75, 3.05) is 0 Å². The molecule has 0 bridgehead atoms. The molecule has 0 aromatic heterocycles. The predicted molar refractivity (Wildman–Crippen MR) is 43.5 cm³/mol. The highest BCUT2D eigenvalue weighted by Gasteiger charge is 2.53. The molecule has 2 amide bonds. The van der Waals surface area contributed by atoms with Gasteiger partial charge in [0.2, 0.25) is 12.0 Å². The fourth-order valence-corrected chi connectivity index (χ4v) is 1.55. The molecule has 0 aromatic carbocycles. The molecule has 2 rings (SSSR count). The number of carbonyl (C=O) groups is 2. The van der Waals surface area contributed by atoms with E-state index in [1.54, 1.807) is 6.92 Å². The van der Waals surface area contributed by atoms with Crippen LogP contribution in [0.3, 0.4) is 0 Å². The van der Waals surface area contributed by atoms with Gasteiger partial charge in [0.15, 0.2) is 0 Å². The van der Waals surface area contributed by atoms with Crippen LogP contribution in [0, 0.1) is 5.92 Å². The number of hydrogen-bond acceptors (Lipinski definition) is 4. The van der Waals surface area contributed by atoms with Crippen molar-refractivity contribution >= 4 is 17.5 Å². The third-order valence-electron chi connectivity index (χ3n) is 2.23. The standard InChI is InChI=1S/C8H8N2O3/c1-3-10-7(11)5-4(2)9-13-6(5)8(10)12/h3,5-6H,1H2,2H3. The summed E-state index contributed by atoms with van der Waals surface area (Å²) in [5.41, 5.74) is 0.549. The lowest BCUT2D eigenvalue weighted by molar-refractivity contribution is -0.138. The van der Waals surface area contributed by atoms with E-state index in [4.69, 9.17) is 4.84 Å². The summed E-state index contributed by atoms with van der Waals surface area (Å²) in [4.78, 5) is 28.7. The van der Waals surface area contributed by atoms with E-state index in [1.807, 2.05) is 0 Å². The van der Waals surface area contributed by atoms with Gasteiger partial charge in [-0.1, -0.05) is 11.7 Å². The lowest BCUT2D eigenvalue weighted by Crippen LogP contribution is -2.27. The number of amides is 2. The first-order valence-corrected chi connectivity index (χ1v) is 3.86. The molecule has 5 heteroatoms. The highest BCUT2D eigenvalue weighted by Crippen LogP contribution is 2.29. The normalized spacial score (nSPS) is 31.5. The van der Waals surface area contributed by atoms with Crippen LogP contribution < -0.4 is 0 Å². The second-order valence-electron chi connectivity index (χ2n) is 2.97. The highest BCUT2D eigenvalue weighted by molar-refractivity contribution is 6.18. The molecule has 0 aliphatic carbocycles. The zero-order valence-corrected chi connectivity index (χ0v) is 7.06. The zero-order chi connectivity index (χ0) is 9.59. The Bertz CT molecular complexity index is 334. The molecule has 0 spiro atoms. The Labute approximate surface area is 74.6 Å². The molecular formula is C8H8N2O3. The Morgan fingerprint density at radius 2 is 2.23 bits per heavy atom. The second-order valence-corrected chi connectivity index (χ2v) is 2.97. The first kappa shape index (κ1) is 7.97. The molecule has 1 fully saturated rings. The van der Waals surface area contributed by atoms with Crippen LogP contribution in [0.2, 0.25) is 0 Å². The van der Waals surface area contributed by atoms with Gasteiger partial charge in [0.05, 0.1) is 5.71 Å². The van der Waals surface area contributed by atoms with Crippen molar-refractivity contribution in [2.24, 2.45) is 11.1 Å². The average Bonchev–Trinajstić information content (AvgIpc) is 2.57. The SMILES string of the molecule is C=CN1C(=O)C2ON=C(C)C2C1=O. The van der Waals surface area contributed by atoms with Crippen molar-refractivity contribution in [1.82, 2.24) is 4.90 Å². The topological polar surface area (TPSA) is 59.0 Å². The van der Waals surface area contributed by atoms with E-state index in [0.717, 1.165) is 4.90 Å². The van der Waals surface area contributed by atoms with Crippen LogP contribution in [0.25, 0.3) is 0 Å². The van der Waals surface area contributed by atoms with Crippen LogP contribution in [-0.4, -0.2) is 28.5 Å². The molecule has 68 valence electrons. The first-order chi connectivity index (χ1) is 6.16. The molecule has 0 radical (unpaired) electrons. The van der Waals surface area contributed by atoms with Crippen LogP contribution in [0.15, 0.2) is 17.9 Å². The molecule has 2 heterocycles. The number of rotatable bonds is 1. The van der Waals surface area contributed by atoms with Gasteiger partial charge in [-0.15, -0.1) is 0 Å². The average molecular weight is 180 g/mol. The molecule has 13 heavy (non-hydrogen) atoms. The van der Waals surface area contributed by atoms with Crippen molar-refractivity contribution in [1.29, 1.82) is 0 Å². The third-order valence-corrected chi connectivity index (χ3v) is 2.23. The summed E-state index contributed by atoms with van der Waals surface area (Å²) in [7, 11) is 0. The summed E-state index contributed by atoms with van der Waals surface area (Å²) >= 11 is 0. The van der Waals surface area contributed by atoms with E-state index in [1.165, 1.54) is 6.20 Å². The zero-order valence-electron chi connectivity index (χ0n) is 7.06. The third kappa shape index (κ3) is 0.838. The number of carbonyl (C=O) groups excluding carboxylic acids is 2. The van der Waals surface area contributed by atoms with E-state index < -0.39 is 12.0 Å². The van der Waals surface area contributed by atoms with Gasteiger partial charge in [0.1, 0.15) is 5.92 Å². The van der Waals surface area contributed by atoms with Gasteiger partial charge < -0.3 is 4.84 Å². The van der Waals surface area contributed by atoms with E-state index >= 15 is 0 Å². The number of imide groups is 1. The van der Waals surface area contributed by atoms with Crippen LogP contribution >= 0.6 is 0 Å². The summed E-state index contributed by atoms with van der Waals surface area (Å²) in [5, 5.41) is 3.60. The molecular weight excluding hydrogens is 172 g/mol. The van der Waals surface area contributed by atoms with Crippen molar-refractivity contribution in [3.63, 3.8) is 0 Å². The van der Waals surface area contributed by atoms with E-state index in [0.29, 0.717) is 5.71 Å². The first-order valence-electron chi connectivity index (χ1n) is 3.86. The van der Waals surface area contributed by atoms with Crippen LogP contribution in [0.1, 0.15) is 6.92 Å². The monoisotopic (exact) mass is 180 g/mol. The van der Waals surface area contributed by atoms with Crippen LogP contribution in [0.5, 0.6) is 0 Å². The molecule has 1 saturated heterocycles. The van der Waals surface area contributed by atoms with Gasteiger partial charge in [-0.3, -0.25) is 14.5 Å². The summed E-state index contributed by atoms with van der Waals surface area (Å²) in [6.07, 6.45) is 0.449. The minimum absolute atomic E-state index is 0.302. The summed E-state index contributed by atoms with van der Waals surface area (Å²) < 4.78 is 0. The second kappa shape index (κ2) is 2.42. The van der Waals surface area contributed by atoms with Crippen molar-refractivity contribution < 1.29 is 14.4 Å². The maximum Gasteiger partial charge on any atom is 0.278 e. The molecule has 5 nitrogen and oxygen atoms in total. The van der Waals surface area contributed by atoms with Gasteiger partial charge in [0, 0.05) is 6.20 Å². The fourth-order valence-electron chi connectivity index (χ4n) is 1.55. The fraction of sp³-hybridized carbons (Fsp3) is 0.375. The highest BCUT2D eigenvalue weighted by atomic mass is 16.6. The molecule has 0 aromatic rings.